The summed E-state index contributed by atoms with van der Waals surface area (Å²) in [6.07, 6.45) is -2.98. The summed E-state index contributed by atoms with van der Waals surface area (Å²) in [7, 11) is 0. The van der Waals surface area contributed by atoms with Crippen LogP contribution in [0.15, 0.2) is 0 Å². The molecule has 17 heavy (non-hydrogen) atoms. The fourth-order valence-corrected chi connectivity index (χ4v) is 2.19. The van der Waals surface area contributed by atoms with E-state index in [4.69, 9.17) is 4.74 Å². The lowest BCUT2D eigenvalue weighted by Gasteiger charge is -2.19. The highest BCUT2D eigenvalue weighted by Gasteiger charge is 2.62. The third-order valence-electron chi connectivity index (χ3n) is 3.57. The highest BCUT2D eigenvalue weighted by Crippen LogP contribution is 2.60. The van der Waals surface area contributed by atoms with Crippen LogP contribution < -0.4 is 5.32 Å². The van der Waals surface area contributed by atoms with E-state index >= 15 is 0 Å². The van der Waals surface area contributed by atoms with Crippen molar-refractivity contribution in [3.63, 3.8) is 0 Å². The molecule has 1 aliphatic carbocycles. The van der Waals surface area contributed by atoms with E-state index in [-0.39, 0.29) is 31.8 Å². The average Bonchev–Trinajstić information content (AvgIpc) is 2.93. The molecule has 2 fully saturated rings. The first kappa shape index (κ1) is 12.7. The molecule has 6 heteroatoms. The highest BCUT2D eigenvalue weighted by molar-refractivity contribution is 5.82. The molecule has 0 aromatic rings. The van der Waals surface area contributed by atoms with E-state index in [2.05, 4.69) is 5.32 Å². The van der Waals surface area contributed by atoms with Gasteiger partial charge < -0.3 is 10.1 Å². The number of alkyl halides is 3. The molecule has 3 nitrogen and oxygen atoms in total. The van der Waals surface area contributed by atoms with Crippen molar-refractivity contribution in [1.29, 1.82) is 0 Å². The number of carbonyl (C=O) groups excluding carboxylic acids is 1. The van der Waals surface area contributed by atoms with Gasteiger partial charge in [0.15, 0.2) is 0 Å². The molecule has 2 rings (SSSR count). The Hall–Kier alpha value is -0.780. The van der Waals surface area contributed by atoms with Gasteiger partial charge in [0.2, 0.25) is 5.91 Å². The molecular weight excluding hydrogens is 235 g/mol. The second kappa shape index (κ2) is 4.48. The second-order valence-electron chi connectivity index (χ2n) is 4.82. The molecule has 1 N–H and O–H groups in total. The fraction of sp³-hybridized carbons (Fsp3) is 0.909. The standard InChI is InChI=1S/C11H16F3NO2/c12-11(13,14)10(4-5-10)3-1-7-17-8-2-6-15-9(8)16/h8H,1-7H2,(H,15,16). The van der Waals surface area contributed by atoms with Gasteiger partial charge in [-0.3, -0.25) is 4.79 Å². The molecule has 1 heterocycles. The van der Waals surface area contributed by atoms with Crippen LogP contribution in [-0.4, -0.2) is 31.3 Å². The maximum absolute atomic E-state index is 12.6. The van der Waals surface area contributed by atoms with E-state index in [0.29, 0.717) is 19.4 Å². The van der Waals surface area contributed by atoms with Crippen molar-refractivity contribution < 1.29 is 22.7 Å². The third-order valence-corrected chi connectivity index (χ3v) is 3.57. The zero-order valence-electron chi connectivity index (χ0n) is 9.48. The van der Waals surface area contributed by atoms with Crippen molar-refractivity contribution in [1.82, 2.24) is 5.32 Å². The van der Waals surface area contributed by atoms with Gasteiger partial charge in [-0.1, -0.05) is 0 Å². The molecule has 1 saturated heterocycles. The first-order valence-electron chi connectivity index (χ1n) is 5.91. The molecule has 0 aromatic heterocycles. The first-order valence-corrected chi connectivity index (χ1v) is 5.91. The summed E-state index contributed by atoms with van der Waals surface area (Å²) in [6, 6.07) is 0. The number of nitrogens with one attached hydrogen (secondary N) is 1. The molecule has 98 valence electrons. The van der Waals surface area contributed by atoms with Crippen LogP contribution in [-0.2, 0) is 9.53 Å². The van der Waals surface area contributed by atoms with Crippen molar-refractivity contribution in [2.24, 2.45) is 5.41 Å². The van der Waals surface area contributed by atoms with Gasteiger partial charge in [-0.05, 0) is 32.1 Å². The van der Waals surface area contributed by atoms with Crippen LogP contribution in [0, 0.1) is 5.41 Å². The minimum absolute atomic E-state index is 0.116. The lowest BCUT2D eigenvalue weighted by molar-refractivity contribution is -0.190. The molecule has 1 amide bonds. The predicted octanol–water partition coefficient (Wildman–Crippen LogP) is 2.01. The van der Waals surface area contributed by atoms with Crippen LogP contribution in [0.4, 0.5) is 13.2 Å². The Morgan fingerprint density at radius 2 is 2.12 bits per heavy atom. The van der Waals surface area contributed by atoms with Crippen LogP contribution in [0.1, 0.15) is 32.1 Å². The van der Waals surface area contributed by atoms with Crippen LogP contribution in [0.25, 0.3) is 0 Å². The summed E-state index contributed by atoms with van der Waals surface area (Å²) in [4.78, 5) is 11.1. The van der Waals surface area contributed by atoms with E-state index in [1.807, 2.05) is 0 Å². The van der Waals surface area contributed by atoms with Crippen LogP contribution in [0.5, 0.6) is 0 Å². The molecule has 1 atom stereocenters. The van der Waals surface area contributed by atoms with Gasteiger partial charge in [0.1, 0.15) is 6.10 Å². The summed E-state index contributed by atoms with van der Waals surface area (Å²) < 4.78 is 43.0. The Morgan fingerprint density at radius 3 is 2.59 bits per heavy atom. The quantitative estimate of drug-likeness (QED) is 0.759. The Balaban J connectivity index is 1.65. The molecule has 1 aliphatic heterocycles. The Labute approximate surface area is 97.7 Å². The predicted molar refractivity (Wildman–Crippen MR) is 54.3 cm³/mol. The summed E-state index contributed by atoms with van der Waals surface area (Å²) >= 11 is 0. The average molecular weight is 251 g/mol. The van der Waals surface area contributed by atoms with Gasteiger partial charge in [-0.2, -0.15) is 13.2 Å². The van der Waals surface area contributed by atoms with Crippen LogP contribution in [0.2, 0.25) is 0 Å². The SMILES string of the molecule is O=C1NCCC1OCCCC1(C(F)(F)F)CC1. The topological polar surface area (TPSA) is 38.3 Å². The summed E-state index contributed by atoms with van der Waals surface area (Å²) in [5.74, 6) is -0.151. The molecule has 0 bridgehead atoms. The number of halogens is 3. The van der Waals surface area contributed by atoms with Crippen LogP contribution >= 0.6 is 0 Å². The van der Waals surface area contributed by atoms with Crippen molar-refractivity contribution in [3.05, 3.63) is 0 Å². The molecule has 1 unspecified atom stereocenters. The zero-order chi connectivity index (χ0) is 12.5. The molecular formula is C11H16F3NO2. The Kier molecular flexibility index (Phi) is 3.34. The smallest absolute Gasteiger partial charge is 0.368 e. The molecule has 0 aromatic carbocycles. The number of hydrogen-bond acceptors (Lipinski definition) is 2. The monoisotopic (exact) mass is 251 g/mol. The minimum Gasteiger partial charge on any atom is -0.368 e. The van der Waals surface area contributed by atoms with E-state index in [1.165, 1.54) is 0 Å². The highest BCUT2D eigenvalue weighted by atomic mass is 19.4. The lowest BCUT2D eigenvalue weighted by Crippen LogP contribution is -2.27. The zero-order valence-corrected chi connectivity index (χ0v) is 9.48. The fourth-order valence-electron chi connectivity index (χ4n) is 2.19. The van der Waals surface area contributed by atoms with Crippen molar-refractivity contribution >= 4 is 5.91 Å². The second-order valence-corrected chi connectivity index (χ2v) is 4.82. The van der Waals surface area contributed by atoms with Crippen molar-refractivity contribution in [2.45, 2.75) is 44.4 Å². The number of rotatable bonds is 5. The first-order chi connectivity index (χ1) is 7.95. The number of hydrogen-bond donors (Lipinski definition) is 1. The van der Waals surface area contributed by atoms with E-state index in [0.717, 1.165) is 0 Å². The lowest BCUT2D eigenvalue weighted by atomic mass is 10.00. The number of ether oxygens (including phenoxy) is 1. The van der Waals surface area contributed by atoms with E-state index < -0.39 is 17.7 Å². The van der Waals surface area contributed by atoms with Crippen LogP contribution in [0.3, 0.4) is 0 Å². The van der Waals surface area contributed by atoms with Gasteiger partial charge in [0, 0.05) is 13.2 Å². The number of carbonyl (C=O) groups is 1. The van der Waals surface area contributed by atoms with Crippen molar-refractivity contribution in [2.75, 3.05) is 13.2 Å². The molecule has 0 radical (unpaired) electrons. The maximum Gasteiger partial charge on any atom is 0.394 e. The Morgan fingerprint density at radius 1 is 1.41 bits per heavy atom. The summed E-state index contributed by atoms with van der Waals surface area (Å²) in [5, 5.41) is 2.62. The maximum atomic E-state index is 12.6. The van der Waals surface area contributed by atoms with Gasteiger partial charge in [-0.25, -0.2) is 0 Å². The van der Waals surface area contributed by atoms with Gasteiger partial charge in [0.05, 0.1) is 5.41 Å². The van der Waals surface area contributed by atoms with E-state index in [1.54, 1.807) is 0 Å². The Bertz CT molecular complexity index is 300. The summed E-state index contributed by atoms with van der Waals surface area (Å²) in [5.41, 5.74) is -1.45. The van der Waals surface area contributed by atoms with Gasteiger partial charge in [0.25, 0.3) is 0 Å². The molecule has 1 saturated carbocycles. The normalized spacial score (nSPS) is 27.0. The minimum atomic E-state index is -4.09. The third kappa shape index (κ3) is 2.73. The number of amides is 1. The van der Waals surface area contributed by atoms with E-state index in [9.17, 15) is 18.0 Å². The summed E-state index contributed by atoms with van der Waals surface area (Å²) in [6.45, 7) is 0.825. The molecule has 0 spiro atoms. The largest absolute Gasteiger partial charge is 0.394 e. The van der Waals surface area contributed by atoms with Gasteiger partial charge >= 0.3 is 6.18 Å². The molecule has 2 aliphatic rings. The van der Waals surface area contributed by atoms with Gasteiger partial charge in [-0.15, -0.1) is 0 Å². The van der Waals surface area contributed by atoms with Crippen molar-refractivity contribution in [3.8, 4) is 0 Å².